The first-order valence-corrected chi connectivity index (χ1v) is 7.90. The summed E-state index contributed by atoms with van der Waals surface area (Å²) in [6, 6.07) is 10.8. The fraction of sp³-hybridized carbons (Fsp3) is 0.235. The first-order valence-electron chi connectivity index (χ1n) is 7.10. The molecule has 0 unspecified atom stereocenters. The fourth-order valence-electron chi connectivity index (χ4n) is 3.07. The molecule has 0 saturated carbocycles. The summed E-state index contributed by atoms with van der Waals surface area (Å²) >= 11 is 3.55. The average molecular weight is 342 g/mol. The van der Waals surface area contributed by atoms with Crippen LogP contribution in [-0.4, -0.2) is 23.5 Å². The number of rotatable bonds is 1. The van der Waals surface area contributed by atoms with Gasteiger partial charge >= 0.3 is 0 Å². The second-order valence-electron chi connectivity index (χ2n) is 5.72. The number of anilines is 1. The summed E-state index contributed by atoms with van der Waals surface area (Å²) in [6.07, 6.45) is 4.22. The number of nitrogens with zero attached hydrogens (tertiary/aromatic N) is 3. The van der Waals surface area contributed by atoms with Crippen molar-refractivity contribution >= 4 is 27.3 Å². The lowest BCUT2D eigenvalue weighted by Crippen LogP contribution is -2.11. The lowest BCUT2D eigenvalue weighted by molar-refractivity contribution is 0.878. The maximum Gasteiger partial charge on any atom is 0.137 e. The molecule has 106 valence electrons. The van der Waals surface area contributed by atoms with E-state index < -0.39 is 0 Å². The van der Waals surface area contributed by atoms with Crippen LogP contribution >= 0.6 is 15.9 Å². The summed E-state index contributed by atoms with van der Waals surface area (Å²) < 4.78 is 3.30. The van der Waals surface area contributed by atoms with Crippen molar-refractivity contribution in [3.8, 4) is 11.3 Å². The molecule has 0 spiro atoms. The van der Waals surface area contributed by atoms with Crippen LogP contribution in [0.3, 0.4) is 0 Å². The van der Waals surface area contributed by atoms with E-state index in [0.29, 0.717) is 0 Å². The molecule has 0 radical (unpaired) electrons. The third-order valence-electron chi connectivity index (χ3n) is 4.17. The number of imidazole rings is 1. The van der Waals surface area contributed by atoms with Crippen LogP contribution in [0.1, 0.15) is 11.3 Å². The zero-order chi connectivity index (χ0) is 14.6. The summed E-state index contributed by atoms with van der Waals surface area (Å²) in [4.78, 5) is 6.99. The Labute approximate surface area is 132 Å². The second kappa shape index (κ2) is 4.60. The van der Waals surface area contributed by atoms with Gasteiger partial charge < -0.3 is 9.30 Å². The standard InChI is InChI=1S/C17H16BrN3/c1-20(2)13-5-6-14-11(9-13)3-7-15-17(14)19-16-8-4-12(18)10-21(15)16/h4-6,8-10H,3,7H2,1-2H3. The van der Waals surface area contributed by atoms with Gasteiger partial charge in [0.15, 0.2) is 0 Å². The highest BCUT2D eigenvalue weighted by Gasteiger charge is 2.22. The van der Waals surface area contributed by atoms with Crippen molar-refractivity contribution < 1.29 is 0 Å². The number of pyridine rings is 1. The third kappa shape index (κ3) is 1.97. The summed E-state index contributed by atoms with van der Waals surface area (Å²) in [7, 11) is 4.16. The van der Waals surface area contributed by atoms with E-state index in [4.69, 9.17) is 4.98 Å². The molecule has 0 N–H and O–H groups in total. The number of fused-ring (bicyclic) bond motifs is 5. The monoisotopic (exact) mass is 341 g/mol. The number of hydrogen-bond acceptors (Lipinski definition) is 2. The highest BCUT2D eigenvalue weighted by molar-refractivity contribution is 9.10. The van der Waals surface area contributed by atoms with Crippen molar-refractivity contribution in [2.45, 2.75) is 12.8 Å². The molecule has 2 heterocycles. The quantitative estimate of drug-likeness (QED) is 0.668. The van der Waals surface area contributed by atoms with E-state index in [1.807, 2.05) is 6.07 Å². The fourth-order valence-corrected chi connectivity index (χ4v) is 3.41. The third-order valence-corrected chi connectivity index (χ3v) is 4.64. The minimum Gasteiger partial charge on any atom is -0.378 e. The molecule has 0 fully saturated rings. The number of hydrogen-bond donors (Lipinski definition) is 0. The molecule has 0 atom stereocenters. The number of aryl methyl sites for hydroxylation is 2. The van der Waals surface area contributed by atoms with E-state index >= 15 is 0 Å². The topological polar surface area (TPSA) is 20.5 Å². The molecule has 0 amide bonds. The van der Waals surface area contributed by atoms with Crippen LogP contribution in [0.2, 0.25) is 0 Å². The first-order chi connectivity index (χ1) is 10.1. The molecule has 3 aromatic rings. The average Bonchev–Trinajstić information content (AvgIpc) is 2.84. The predicted molar refractivity (Wildman–Crippen MR) is 90.1 cm³/mol. The molecular formula is C17H16BrN3. The van der Waals surface area contributed by atoms with Gasteiger partial charge in [-0.15, -0.1) is 0 Å². The van der Waals surface area contributed by atoms with Gasteiger partial charge in [-0.2, -0.15) is 0 Å². The molecule has 4 heteroatoms. The molecule has 0 saturated heterocycles. The van der Waals surface area contributed by atoms with Gasteiger partial charge in [-0.3, -0.25) is 0 Å². The largest absolute Gasteiger partial charge is 0.378 e. The van der Waals surface area contributed by atoms with Gasteiger partial charge in [-0.05, 0) is 58.6 Å². The highest BCUT2D eigenvalue weighted by Crippen LogP contribution is 2.35. The van der Waals surface area contributed by atoms with Gasteiger partial charge in [0.1, 0.15) is 5.65 Å². The molecular weight excluding hydrogens is 326 g/mol. The molecule has 0 bridgehead atoms. The molecule has 3 nitrogen and oxygen atoms in total. The van der Waals surface area contributed by atoms with E-state index in [1.54, 1.807) is 0 Å². The van der Waals surface area contributed by atoms with Crippen molar-refractivity contribution in [1.82, 2.24) is 9.38 Å². The van der Waals surface area contributed by atoms with Crippen LogP contribution in [0.15, 0.2) is 41.0 Å². The Kier molecular flexibility index (Phi) is 2.82. The Bertz CT molecular complexity index is 849. The van der Waals surface area contributed by atoms with E-state index in [-0.39, 0.29) is 0 Å². The van der Waals surface area contributed by atoms with Gasteiger partial charge in [0.25, 0.3) is 0 Å². The number of aromatic nitrogens is 2. The Morgan fingerprint density at radius 2 is 2.00 bits per heavy atom. The minimum atomic E-state index is 1.02. The van der Waals surface area contributed by atoms with Crippen LogP contribution in [0.4, 0.5) is 5.69 Å². The molecule has 4 rings (SSSR count). The lowest BCUT2D eigenvalue weighted by atomic mass is 9.92. The summed E-state index contributed by atoms with van der Waals surface area (Å²) in [5.74, 6) is 0. The normalized spacial score (nSPS) is 13.1. The van der Waals surface area contributed by atoms with Gasteiger partial charge in [-0.1, -0.05) is 6.07 Å². The van der Waals surface area contributed by atoms with Crippen molar-refractivity contribution in [2.75, 3.05) is 19.0 Å². The Hall–Kier alpha value is -1.81. The van der Waals surface area contributed by atoms with Gasteiger partial charge in [-0.25, -0.2) is 4.98 Å². The van der Waals surface area contributed by atoms with Gasteiger partial charge in [0.2, 0.25) is 0 Å². The van der Waals surface area contributed by atoms with Crippen molar-refractivity contribution in [3.63, 3.8) is 0 Å². The van der Waals surface area contributed by atoms with Gasteiger partial charge in [0, 0.05) is 36.0 Å². The van der Waals surface area contributed by atoms with Crippen LogP contribution in [0.5, 0.6) is 0 Å². The number of halogens is 1. The Morgan fingerprint density at radius 3 is 2.81 bits per heavy atom. The van der Waals surface area contributed by atoms with Gasteiger partial charge in [0.05, 0.1) is 11.4 Å². The zero-order valence-corrected chi connectivity index (χ0v) is 13.7. The van der Waals surface area contributed by atoms with E-state index in [9.17, 15) is 0 Å². The minimum absolute atomic E-state index is 1.02. The Balaban J connectivity index is 1.94. The maximum atomic E-state index is 4.84. The van der Waals surface area contributed by atoms with E-state index in [0.717, 1.165) is 28.7 Å². The number of benzene rings is 1. The van der Waals surface area contributed by atoms with Crippen LogP contribution in [-0.2, 0) is 12.8 Å². The van der Waals surface area contributed by atoms with E-state index in [1.165, 1.54) is 22.5 Å². The summed E-state index contributed by atoms with van der Waals surface area (Å²) in [5, 5.41) is 0. The highest BCUT2D eigenvalue weighted by atomic mass is 79.9. The molecule has 1 aliphatic carbocycles. The van der Waals surface area contributed by atoms with Crippen LogP contribution in [0.25, 0.3) is 16.9 Å². The molecule has 0 aliphatic heterocycles. The molecule has 1 aliphatic rings. The van der Waals surface area contributed by atoms with Crippen molar-refractivity contribution in [2.24, 2.45) is 0 Å². The smallest absolute Gasteiger partial charge is 0.137 e. The SMILES string of the molecule is CN(C)c1ccc2c(c1)CCc1c-2nc2ccc(Br)cn12. The van der Waals surface area contributed by atoms with Crippen molar-refractivity contribution in [1.29, 1.82) is 0 Å². The first kappa shape index (κ1) is 12.9. The Morgan fingerprint density at radius 1 is 1.14 bits per heavy atom. The predicted octanol–water partition coefficient (Wildman–Crippen LogP) is 3.93. The summed E-state index contributed by atoms with van der Waals surface area (Å²) in [6.45, 7) is 0. The van der Waals surface area contributed by atoms with Crippen LogP contribution < -0.4 is 4.90 Å². The molecule has 2 aromatic heterocycles. The summed E-state index contributed by atoms with van der Waals surface area (Å²) in [5.41, 5.74) is 7.41. The lowest BCUT2D eigenvalue weighted by Gasteiger charge is -2.20. The zero-order valence-electron chi connectivity index (χ0n) is 12.1. The molecule has 1 aromatic carbocycles. The van der Waals surface area contributed by atoms with E-state index in [2.05, 4.69) is 69.8 Å². The maximum absolute atomic E-state index is 4.84. The molecule has 21 heavy (non-hydrogen) atoms. The van der Waals surface area contributed by atoms with Crippen LogP contribution in [0, 0.1) is 0 Å². The van der Waals surface area contributed by atoms with Crippen molar-refractivity contribution in [3.05, 3.63) is 52.3 Å². The second-order valence-corrected chi connectivity index (χ2v) is 6.63.